The van der Waals surface area contributed by atoms with Crippen molar-refractivity contribution in [2.24, 2.45) is 0 Å². The van der Waals surface area contributed by atoms with Crippen molar-refractivity contribution in [1.29, 1.82) is 5.26 Å². The summed E-state index contributed by atoms with van der Waals surface area (Å²) in [6.07, 6.45) is 1.44. The number of carbonyl (C=O) groups excluding carboxylic acids is 1. The summed E-state index contributed by atoms with van der Waals surface area (Å²) in [5, 5.41) is 8.99. The van der Waals surface area contributed by atoms with E-state index >= 15 is 0 Å². The number of nitrogens with zero attached hydrogens (tertiary/aromatic N) is 1. The molecule has 0 aliphatic heterocycles. The number of benzene rings is 1. The van der Waals surface area contributed by atoms with Gasteiger partial charge in [0.1, 0.15) is 11.6 Å². The molecule has 0 saturated heterocycles. The number of hydrogen-bond acceptors (Lipinski definition) is 5. The topological polar surface area (TPSA) is 68.6 Å². The lowest BCUT2D eigenvalue weighted by molar-refractivity contribution is -0.137. The van der Waals surface area contributed by atoms with Crippen LogP contribution in [0.2, 0.25) is 0 Å². The molecule has 0 radical (unpaired) electrons. The average molecular weight is 340 g/mol. The Morgan fingerprint density at radius 3 is 2.60 bits per heavy atom. The van der Waals surface area contributed by atoms with Crippen LogP contribution in [0.4, 0.5) is 0 Å². The van der Waals surface area contributed by atoms with Crippen LogP contribution in [0.5, 0.6) is 11.5 Å². The van der Waals surface area contributed by atoms with E-state index in [2.05, 4.69) is 15.9 Å². The number of ether oxygens (including phenoxy) is 3. The standard InChI is InChI=1S/C14H14BrNO4/c1-4-20-14(17)10(8-16)5-9-6-11(15)13(19-3)12(7-9)18-2/h5-7H,4H2,1-3H3/b10-5-. The second-order valence-electron chi connectivity index (χ2n) is 3.63. The number of halogens is 1. The van der Waals surface area contributed by atoms with Crippen LogP contribution in [0.3, 0.4) is 0 Å². The summed E-state index contributed by atoms with van der Waals surface area (Å²) in [7, 11) is 3.03. The number of nitriles is 1. The van der Waals surface area contributed by atoms with Gasteiger partial charge < -0.3 is 14.2 Å². The summed E-state index contributed by atoms with van der Waals surface area (Å²) in [6.45, 7) is 1.90. The molecule has 0 fully saturated rings. The minimum atomic E-state index is -0.652. The van der Waals surface area contributed by atoms with Gasteiger partial charge >= 0.3 is 5.97 Å². The number of hydrogen-bond donors (Lipinski definition) is 0. The van der Waals surface area contributed by atoms with Gasteiger partial charge in [-0.2, -0.15) is 5.26 Å². The molecule has 0 unspecified atom stereocenters. The number of methoxy groups -OCH3 is 2. The van der Waals surface area contributed by atoms with Crippen molar-refractivity contribution in [1.82, 2.24) is 0 Å². The van der Waals surface area contributed by atoms with E-state index in [-0.39, 0.29) is 12.2 Å². The summed E-state index contributed by atoms with van der Waals surface area (Å²) in [5.74, 6) is 0.384. The van der Waals surface area contributed by atoms with Gasteiger partial charge in [0.05, 0.1) is 25.3 Å². The summed E-state index contributed by atoms with van der Waals surface area (Å²) < 4.78 is 15.8. The van der Waals surface area contributed by atoms with Crippen LogP contribution in [-0.2, 0) is 9.53 Å². The van der Waals surface area contributed by atoms with Gasteiger partial charge in [-0.05, 0) is 46.6 Å². The SMILES string of the molecule is CCOC(=O)/C(C#N)=C\c1cc(Br)c(OC)c(OC)c1. The van der Waals surface area contributed by atoms with Crippen molar-refractivity contribution in [3.63, 3.8) is 0 Å². The molecular formula is C14H14BrNO4. The first-order valence-electron chi connectivity index (χ1n) is 5.77. The van der Waals surface area contributed by atoms with Crippen molar-refractivity contribution in [3.8, 4) is 17.6 Å². The van der Waals surface area contributed by atoms with Crippen LogP contribution < -0.4 is 9.47 Å². The van der Waals surface area contributed by atoms with E-state index in [0.29, 0.717) is 21.5 Å². The van der Waals surface area contributed by atoms with Crippen molar-refractivity contribution in [2.75, 3.05) is 20.8 Å². The molecule has 0 bridgehead atoms. The van der Waals surface area contributed by atoms with Crippen LogP contribution >= 0.6 is 15.9 Å². The van der Waals surface area contributed by atoms with Crippen LogP contribution in [-0.4, -0.2) is 26.8 Å². The zero-order chi connectivity index (χ0) is 15.1. The Balaban J connectivity index is 3.23. The highest BCUT2D eigenvalue weighted by Crippen LogP contribution is 2.36. The molecule has 0 heterocycles. The third-order valence-corrected chi connectivity index (χ3v) is 2.97. The largest absolute Gasteiger partial charge is 0.493 e. The Morgan fingerprint density at radius 2 is 2.10 bits per heavy atom. The number of carbonyl (C=O) groups is 1. The van der Waals surface area contributed by atoms with Gasteiger partial charge in [-0.1, -0.05) is 0 Å². The zero-order valence-corrected chi connectivity index (χ0v) is 13.0. The normalized spacial score (nSPS) is 10.7. The molecule has 1 rings (SSSR count). The second kappa shape index (κ2) is 7.56. The van der Waals surface area contributed by atoms with Gasteiger partial charge in [-0.15, -0.1) is 0 Å². The van der Waals surface area contributed by atoms with Crippen LogP contribution in [0.25, 0.3) is 6.08 Å². The van der Waals surface area contributed by atoms with Gasteiger partial charge in [0, 0.05) is 0 Å². The van der Waals surface area contributed by atoms with E-state index in [9.17, 15) is 4.79 Å². The minimum Gasteiger partial charge on any atom is -0.493 e. The number of esters is 1. The van der Waals surface area contributed by atoms with Crippen LogP contribution in [0.15, 0.2) is 22.2 Å². The van der Waals surface area contributed by atoms with Gasteiger partial charge in [-0.25, -0.2) is 4.79 Å². The first kappa shape index (κ1) is 16.1. The number of rotatable bonds is 5. The van der Waals surface area contributed by atoms with Gasteiger partial charge in [0.25, 0.3) is 0 Å². The van der Waals surface area contributed by atoms with Gasteiger partial charge in [0.15, 0.2) is 11.5 Å². The van der Waals surface area contributed by atoms with E-state index in [1.54, 1.807) is 19.1 Å². The molecule has 6 heteroatoms. The Hall–Kier alpha value is -2.00. The summed E-state index contributed by atoms with van der Waals surface area (Å²) in [5.41, 5.74) is 0.546. The predicted octanol–water partition coefficient (Wildman–Crippen LogP) is 2.94. The quantitative estimate of drug-likeness (QED) is 0.468. The highest BCUT2D eigenvalue weighted by molar-refractivity contribution is 9.10. The van der Waals surface area contributed by atoms with Crippen molar-refractivity contribution in [3.05, 3.63) is 27.7 Å². The molecule has 5 nitrogen and oxygen atoms in total. The highest BCUT2D eigenvalue weighted by Gasteiger charge is 2.13. The second-order valence-corrected chi connectivity index (χ2v) is 4.48. The molecule has 0 aliphatic rings. The molecule has 0 aromatic heterocycles. The van der Waals surface area contributed by atoms with E-state index in [4.69, 9.17) is 19.5 Å². The molecule has 0 atom stereocenters. The van der Waals surface area contributed by atoms with E-state index in [0.717, 1.165) is 0 Å². The molecule has 1 aromatic rings. The van der Waals surface area contributed by atoms with Crippen molar-refractivity contribution >= 4 is 28.0 Å². The fourth-order valence-electron chi connectivity index (χ4n) is 1.53. The smallest absolute Gasteiger partial charge is 0.348 e. The molecule has 1 aromatic carbocycles. The Bertz CT molecular complexity index is 575. The first-order valence-corrected chi connectivity index (χ1v) is 6.57. The maximum absolute atomic E-state index is 11.6. The minimum absolute atomic E-state index is 0.0778. The summed E-state index contributed by atoms with van der Waals surface area (Å²) >= 11 is 3.35. The average Bonchev–Trinajstić information content (AvgIpc) is 2.44. The third-order valence-electron chi connectivity index (χ3n) is 2.38. The van der Waals surface area contributed by atoms with Gasteiger partial charge in [-0.3, -0.25) is 0 Å². The maximum Gasteiger partial charge on any atom is 0.348 e. The van der Waals surface area contributed by atoms with E-state index < -0.39 is 5.97 Å². The fraction of sp³-hybridized carbons (Fsp3) is 0.286. The van der Waals surface area contributed by atoms with Crippen molar-refractivity contribution in [2.45, 2.75) is 6.92 Å². The lowest BCUT2D eigenvalue weighted by Crippen LogP contribution is -2.06. The Labute approximate surface area is 125 Å². The van der Waals surface area contributed by atoms with Gasteiger partial charge in [0.2, 0.25) is 0 Å². The van der Waals surface area contributed by atoms with Crippen LogP contribution in [0, 0.1) is 11.3 Å². The molecule has 0 aliphatic carbocycles. The summed E-state index contributed by atoms with van der Waals surface area (Å²) in [6, 6.07) is 5.21. The molecule has 0 spiro atoms. The maximum atomic E-state index is 11.6. The molecule has 0 saturated carbocycles. The molecule has 0 N–H and O–H groups in total. The molecule has 0 amide bonds. The Morgan fingerprint density at radius 1 is 1.40 bits per heavy atom. The van der Waals surface area contributed by atoms with E-state index in [1.165, 1.54) is 20.3 Å². The zero-order valence-electron chi connectivity index (χ0n) is 11.4. The summed E-state index contributed by atoms with van der Waals surface area (Å²) in [4.78, 5) is 11.6. The molecule has 20 heavy (non-hydrogen) atoms. The Kier molecular flexibility index (Phi) is 6.07. The van der Waals surface area contributed by atoms with E-state index in [1.807, 2.05) is 6.07 Å². The monoisotopic (exact) mass is 339 g/mol. The third kappa shape index (κ3) is 3.75. The van der Waals surface area contributed by atoms with Crippen LogP contribution in [0.1, 0.15) is 12.5 Å². The first-order chi connectivity index (χ1) is 9.57. The van der Waals surface area contributed by atoms with Crippen molar-refractivity contribution < 1.29 is 19.0 Å². The molecular weight excluding hydrogens is 326 g/mol. The lowest BCUT2D eigenvalue weighted by Gasteiger charge is -2.10. The lowest BCUT2D eigenvalue weighted by atomic mass is 10.1. The highest BCUT2D eigenvalue weighted by atomic mass is 79.9. The fourth-order valence-corrected chi connectivity index (χ4v) is 2.16. The molecule has 106 valence electrons. The predicted molar refractivity (Wildman–Crippen MR) is 77.5 cm³/mol.